The zero-order valence-electron chi connectivity index (χ0n) is 14.2. The van der Waals surface area contributed by atoms with E-state index in [0.29, 0.717) is 16.9 Å². The predicted octanol–water partition coefficient (Wildman–Crippen LogP) is 4.25. The van der Waals surface area contributed by atoms with E-state index in [1.807, 2.05) is 55.5 Å². The van der Waals surface area contributed by atoms with E-state index in [0.717, 1.165) is 22.3 Å². The van der Waals surface area contributed by atoms with Crippen LogP contribution in [-0.2, 0) is 0 Å². The second-order valence-electron chi connectivity index (χ2n) is 5.93. The van der Waals surface area contributed by atoms with Gasteiger partial charge < -0.3 is 5.32 Å². The summed E-state index contributed by atoms with van der Waals surface area (Å²) in [5.41, 5.74) is 3.69. The Labute approximate surface area is 150 Å². The molecule has 1 amide bonds. The molecule has 1 N–H and O–H groups in total. The number of aromatic nitrogens is 3. The van der Waals surface area contributed by atoms with Gasteiger partial charge in [-0.05, 0) is 43.3 Å². The Bertz CT molecular complexity index is 1090. The number of amides is 1. The molecule has 3 aromatic heterocycles. The van der Waals surface area contributed by atoms with Gasteiger partial charge in [-0.1, -0.05) is 24.3 Å². The van der Waals surface area contributed by atoms with E-state index in [2.05, 4.69) is 15.3 Å². The first-order chi connectivity index (χ1) is 12.7. The van der Waals surface area contributed by atoms with E-state index < -0.39 is 0 Å². The number of nitrogens with one attached hydrogen (secondary N) is 1. The van der Waals surface area contributed by atoms with Crippen LogP contribution in [0.1, 0.15) is 16.1 Å². The van der Waals surface area contributed by atoms with Crippen LogP contribution in [0.5, 0.6) is 0 Å². The van der Waals surface area contributed by atoms with Crippen molar-refractivity contribution in [2.24, 2.45) is 0 Å². The van der Waals surface area contributed by atoms with E-state index in [9.17, 15) is 4.79 Å². The second kappa shape index (κ2) is 6.72. The van der Waals surface area contributed by atoms with Crippen molar-refractivity contribution in [2.75, 3.05) is 5.32 Å². The van der Waals surface area contributed by atoms with Crippen LogP contribution in [0.15, 0.2) is 73.1 Å². The number of carbonyl (C=O) groups is 1. The Morgan fingerprint density at radius 1 is 0.923 bits per heavy atom. The van der Waals surface area contributed by atoms with Gasteiger partial charge in [-0.3, -0.25) is 9.78 Å². The van der Waals surface area contributed by atoms with Crippen LogP contribution >= 0.6 is 0 Å². The van der Waals surface area contributed by atoms with Crippen LogP contribution in [0.4, 0.5) is 5.82 Å². The molecule has 4 aromatic rings. The summed E-state index contributed by atoms with van der Waals surface area (Å²) < 4.78 is 0. The van der Waals surface area contributed by atoms with E-state index in [1.165, 1.54) is 0 Å². The molecular weight excluding hydrogens is 324 g/mol. The predicted molar refractivity (Wildman–Crippen MR) is 102 cm³/mol. The SMILES string of the molecule is Cc1cccc(NC(=O)c2cccc3ccc(-c4cccnc4)nc23)n1. The van der Waals surface area contributed by atoms with Crippen LogP contribution < -0.4 is 5.32 Å². The number of hydrogen-bond donors (Lipinski definition) is 1. The van der Waals surface area contributed by atoms with Crippen LogP contribution in [0.25, 0.3) is 22.2 Å². The smallest absolute Gasteiger partial charge is 0.259 e. The van der Waals surface area contributed by atoms with E-state index >= 15 is 0 Å². The van der Waals surface area contributed by atoms with E-state index in [1.54, 1.807) is 24.5 Å². The Balaban J connectivity index is 1.75. The maximum atomic E-state index is 12.8. The van der Waals surface area contributed by atoms with Crippen molar-refractivity contribution in [3.8, 4) is 11.3 Å². The van der Waals surface area contributed by atoms with Gasteiger partial charge in [-0.2, -0.15) is 0 Å². The zero-order valence-corrected chi connectivity index (χ0v) is 14.2. The molecule has 4 rings (SSSR count). The number of anilines is 1. The van der Waals surface area contributed by atoms with Gasteiger partial charge in [-0.25, -0.2) is 9.97 Å². The molecule has 5 heteroatoms. The summed E-state index contributed by atoms with van der Waals surface area (Å²) in [5, 5.41) is 3.75. The van der Waals surface area contributed by atoms with Crippen molar-refractivity contribution >= 4 is 22.6 Å². The highest BCUT2D eigenvalue weighted by Crippen LogP contribution is 2.23. The van der Waals surface area contributed by atoms with Gasteiger partial charge >= 0.3 is 0 Å². The molecule has 126 valence electrons. The standard InChI is InChI=1S/C21H16N4O/c1-14-5-2-9-19(23-14)25-21(26)17-8-3-6-15-10-11-18(24-20(15)17)16-7-4-12-22-13-16/h2-13H,1H3,(H,23,25,26). The molecule has 0 atom stereocenters. The van der Waals surface area contributed by atoms with Crippen molar-refractivity contribution in [3.05, 3.63) is 84.3 Å². The number of aryl methyl sites for hydroxylation is 1. The number of fused-ring (bicyclic) bond motifs is 1. The normalized spacial score (nSPS) is 10.7. The third-order valence-corrected chi connectivity index (χ3v) is 4.05. The molecule has 0 saturated carbocycles. The third-order valence-electron chi connectivity index (χ3n) is 4.05. The first kappa shape index (κ1) is 15.9. The average molecular weight is 340 g/mol. The third kappa shape index (κ3) is 3.15. The lowest BCUT2D eigenvalue weighted by atomic mass is 10.1. The number of carbonyl (C=O) groups excluding carboxylic acids is 1. The fourth-order valence-corrected chi connectivity index (χ4v) is 2.80. The van der Waals surface area contributed by atoms with Crippen molar-refractivity contribution < 1.29 is 4.79 Å². The molecule has 5 nitrogen and oxygen atoms in total. The first-order valence-electron chi connectivity index (χ1n) is 8.26. The van der Waals surface area contributed by atoms with Gasteiger partial charge in [0.2, 0.25) is 0 Å². The van der Waals surface area contributed by atoms with E-state index in [4.69, 9.17) is 4.98 Å². The van der Waals surface area contributed by atoms with Gasteiger partial charge in [0.25, 0.3) is 5.91 Å². The topological polar surface area (TPSA) is 67.8 Å². The quantitative estimate of drug-likeness (QED) is 0.605. The minimum Gasteiger partial charge on any atom is -0.306 e. The fraction of sp³-hybridized carbons (Fsp3) is 0.0476. The van der Waals surface area contributed by atoms with Gasteiger partial charge in [-0.15, -0.1) is 0 Å². The maximum absolute atomic E-state index is 12.8. The van der Waals surface area contributed by atoms with E-state index in [-0.39, 0.29) is 5.91 Å². The lowest BCUT2D eigenvalue weighted by Gasteiger charge is -2.09. The number of rotatable bonds is 3. The largest absolute Gasteiger partial charge is 0.306 e. The Kier molecular flexibility index (Phi) is 4.11. The van der Waals surface area contributed by atoms with Gasteiger partial charge in [0.05, 0.1) is 16.8 Å². The summed E-state index contributed by atoms with van der Waals surface area (Å²) in [4.78, 5) is 25.9. The molecule has 1 aromatic carbocycles. The highest BCUT2D eigenvalue weighted by atomic mass is 16.1. The van der Waals surface area contributed by atoms with Crippen LogP contribution in [0.2, 0.25) is 0 Å². The lowest BCUT2D eigenvalue weighted by Crippen LogP contribution is -2.14. The fourth-order valence-electron chi connectivity index (χ4n) is 2.80. The molecule has 0 radical (unpaired) electrons. The molecule has 3 heterocycles. The summed E-state index contributed by atoms with van der Waals surface area (Å²) in [6.07, 6.45) is 3.48. The second-order valence-corrected chi connectivity index (χ2v) is 5.93. The lowest BCUT2D eigenvalue weighted by molar-refractivity contribution is 0.102. The molecule has 0 aliphatic rings. The highest BCUT2D eigenvalue weighted by Gasteiger charge is 2.13. The molecule has 0 aliphatic heterocycles. The molecule has 26 heavy (non-hydrogen) atoms. The number of benzene rings is 1. The van der Waals surface area contributed by atoms with Crippen LogP contribution in [0, 0.1) is 6.92 Å². The molecular formula is C21H16N4O. The molecule has 0 unspecified atom stereocenters. The van der Waals surface area contributed by atoms with Gasteiger partial charge in [0, 0.05) is 29.0 Å². The van der Waals surface area contributed by atoms with Crippen molar-refractivity contribution in [3.63, 3.8) is 0 Å². The Hall–Kier alpha value is -3.60. The minimum atomic E-state index is -0.232. The van der Waals surface area contributed by atoms with Gasteiger partial charge in [0.1, 0.15) is 5.82 Å². The Morgan fingerprint density at radius 3 is 2.62 bits per heavy atom. The summed E-state index contributed by atoms with van der Waals surface area (Å²) >= 11 is 0. The number of pyridine rings is 3. The number of para-hydroxylation sites is 1. The number of nitrogens with zero attached hydrogens (tertiary/aromatic N) is 3. The average Bonchev–Trinajstić information content (AvgIpc) is 2.68. The molecule has 0 fully saturated rings. The van der Waals surface area contributed by atoms with Crippen molar-refractivity contribution in [1.29, 1.82) is 0 Å². The summed E-state index contributed by atoms with van der Waals surface area (Å²) in [5.74, 6) is 0.292. The summed E-state index contributed by atoms with van der Waals surface area (Å²) in [6, 6.07) is 18.8. The van der Waals surface area contributed by atoms with Gasteiger partial charge in [0.15, 0.2) is 0 Å². The van der Waals surface area contributed by atoms with Crippen LogP contribution in [-0.4, -0.2) is 20.9 Å². The number of hydrogen-bond acceptors (Lipinski definition) is 4. The van der Waals surface area contributed by atoms with Crippen molar-refractivity contribution in [1.82, 2.24) is 15.0 Å². The maximum Gasteiger partial charge on any atom is 0.259 e. The molecule has 0 bridgehead atoms. The highest BCUT2D eigenvalue weighted by molar-refractivity contribution is 6.11. The Morgan fingerprint density at radius 2 is 1.81 bits per heavy atom. The monoisotopic (exact) mass is 340 g/mol. The zero-order chi connectivity index (χ0) is 17.9. The summed E-state index contributed by atoms with van der Waals surface area (Å²) in [7, 11) is 0. The summed E-state index contributed by atoms with van der Waals surface area (Å²) in [6.45, 7) is 1.88. The molecule has 0 aliphatic carbocycles. The minimum absolute atomic E-state index is 0.232. The molecule has 0 saturated heterocycles. The van der Waals surface area contributed by atoms with Crippen LogP contribution in [0.3, 0.4) is 0 Å². The van der Waals surface area contributed by atoms with Crippen molar-refractivity contribution in [2.45, 2.75) is 6.92 Å². The molecule has 0 spiro atoms. The first-order valence-corrected chi connectivity index (χ1v) is 8.26.